The summed E-state index contributed by atoms with van der Waals surface area (Å²) in [6, 6.07) is 39.1. The molecule has 123 heavy (non-hydrogen) atoms. The van der Waals surface area contributed by atoms with Crippen LogP contribution < -0.4 is 21.3 Å². The van der Waals surface area contributed by atoms with Gasteiger partial charge in [-0.3, -0.25) is 19.2 Å². The quantitative estimate of drug-likeness (QED) is 0.0698. The molecule has 12 aliphatic rings. The Kier molecular flexibility index (Phi) is 25.3. The molecule has 9 aromatic heterocycles. The van der Waals surface area contributed by atoms with Gasteiger partial charge in [-0.2, -0.15) is 10.2 Å². The summed E-state index contributed by atoms with van der Waals surface area (Å²) in [4.78, 5) is 112. The second-order valence-corrected chi connectivity index (χ2v) is 34.7. The number of hydrogen-bond donors (Lipinski definition) is 4. The van der Waals surface area contributed by atoms with E-state index in [1.165, 1.54) is 10.9 Å². The molecule has 31 heteroatoms. The van der Waals surface area contributed by atoms with Crippen molar-refractivity contribution in [3.8, 4) is 40.0 Å². The fourth-order valence-corrected chi connectivity index (χ4v) is 19.5. The first kappa shape index (κ1) is 83.2. The second kappa shape index (κ2) is 37.3. The number of aromatic nitrogens is 14. The summed E-state index contributed by atoms with van der Waals surface area (Å²) in [6.07, 6.45) is 33.8. The molecule has 4 aliphatic carbocycles. The van der Waals surface area contributed by atoms with E-state index in [-0.39, 0.29) is 77.5 Å². The number of benzene rings is 3. The third-order valence-corrected chi connectivity index (χ3v) is 25.6. The molecule has 0 spiro atoms. The van der Waals surface area contributed by atoms with Crippen LogP contribution in [0.2, 0.25) is 20.1 Å². The molecule has 0 radical (unpaired) electrons. The van der Waals surface area contributed by atoms with Crippen molar-refractivity contribution in [2.75, 3.05) is 47.4 Å². The van der Waals surface area contributed by atoms with E-state index in [0.717, 1.165) is 148 Å². The Morgan fingerprint density at radius 2 is 0.707 bits per heavy atom. The third kappa shape index (κ3) is 19.0. The summed E-state index contributed by atoms with van der Waals surface area (Å²) in [5.41, 5.74) is 6.92. The number of anilines is 4. The van der Waals surface area contributed by atoms with Crippen molar-refractivity contribution >= 4 is 93.3 Å². The minimum Gasteiger partial charge on any atom is -0.365 e. The Morgan fingerprint density at radius 1 is 0.341 bits per heavy atom. The average Bonchev–Trinajstić information content (AvgIpc) is 1.31. The molecular weight excluding hydrogens is 1640 g/mol. The van der Waals surface area contributed by atoms with Crippen molar-refractivity contribution in [3.63, 3.8) is 0 Å². The molecule has 12 aromatic rings. The van der Waals surface area contributed by atoms with Crippen LogP contribution in [-0.2, 0) is 0 Å². The number of amides is 4. The van der Waals surface area contributed by atoms with E-state index in [1.807, 2.05) is 125 Å². The van der Waals surface area contributed by atoms with Crippen LogP contribution in [0.3, 0.4) is 0 Å². The lowest BCUT2D eigenvalue weighted by molar-refractivity contribution is 0.0275. The van der Waals surface area contributed by atoms with Gasteiger partial charge in [0, 0.05) is 135 Å². The number of aryl methyl sites for hydroxylation is 3. The number of nitrogens with zero attached hydrogens (tertiary/aromatic N) is 18. The standard InChI is InChI=1S/2C24H24ClN5O.C23H21ClFN5O.C21H22ClN7O/c1-15-3-6-18(19(11-15)23-26-9-2-10-27-23)24(31)30-14-16-4-7-21(30)20(12-16)29-22-8-5-17(25)13-28-22;1-15-3-6-18(23-26-9-2-10-27-23)19(11-15)24(31)30-14-16-4-7-21(30)20(12-16)29-22-8-5-17(25)13-28-22;24-15-6-8-20(28-12-15)29-18-11-14-5-7-19(18)30(13-14)23(31)21-16(3-1-4-17(21)25)22-26-9-2-10-27-22;1-13-8-16(20(24-10-13)29-25-6-7-26-29)21(30)28-12-14-2-4-18(28)17(9-14)27-19-5-3-15(22)11-23-19/h2*2-3,5-6,8-11,13,16,20-21H,4,7,12,14H2,1H3,(H,28,29);1-4,6,8-10,12,14,18-19H,5,7,11,13H2,(H,28,29);3,5-8,10-11,14,17-18H,2,4,9,12H2,1H3,(H,23,27). The first-order valence-electron chi connectivity index (χ1n) is 41.8. The SMILES string of the molecule is Cc1ccc(-c2ncccn2)c(C(=O)N2CC3CCC2C(Nc2ccc(Cl)cn2)C3)c1.Cc1ccc(C(=O)N2CC3CCC2C(Nc2ccc(Cl)cn2)C3)c(-c2ncccn2)c1.Cc1cnc(-n2nccn2)c(C(=O)N2CC3CCC2C(Nc2ccc(Cl)cn2)C3)c1.O=C(c1c(F)cccc1-c1ncccn1)N1CC2CCC1C(Nc1ccc(Cl)cn1)C2. The van der Waals surface area contributed by atoms with E-state index >= 15 is 0 Å². The summed E-state index contributed by atoms with van der Waals surface area (Å²) in [5.74, 6) is 6.06. The Morgan fingerprint density at radius 3 is 1.11 bits per heavy atom. The number of rotatable bonds is 16. The molecule has 12 unspecified atom stereocenters. The fourth-order valence-electron chi connectivity index (χ4n) is 19.0. The number of hydrogen-bond acceptors (Lipinski definition) is 21. The number of fused-ring (bicyclic) bond motifs is 12. The number of pyridine rings is 5. The second-order valence-electron chi connectivity index (χ2n) is 32.9. The maximum atomic E-state index is 14.9. The van der Waals surface area contributed by atoms with Gasteiger partial charge in [-0.15, -0.1) is 4.80 Å². The van der Waals surface area contributed by atoms with Crippen LogP contribution in [-0.4, -0.2) is 188 Å². The van der Waals surface area contributed by atoms with E-state index < -0.39 is 5.82 Å². The van der Waals surface area contributed by atoms with Crippen LogP contribution in [0.4, 0.5) is 27.7 Å². The minimum absolute atomic E-state index is 0.0243. The van der Waals surface area contributed by atoms with Crippen molar-refractivity contribution in [1.82, 2.24) is 89.4 Å². The summed E-state index contributed by atoms with van der Waals surface area (Å²) in [6.45, 7) is 8.92. The number of carbonyl (C=O) groups is 4. The average molecular weight is 1730 g/mol. The molecule has 3 aromatic carbocycles. The van der Waals surface area contributed by atoms with Crippen LogP contribution >= 0.6 is 46.4 Å². The van der Waals surface area contributed by atoms with Crippen LogP contribution in [0.15, 0.2) is 208 Å². The van der Waals surface area contributed by atoms with Crippen molar-refractivity contribution in [2.45, 2.75) is 146 Å². The summed E-state index contributed by atoms with van der Waals surface area (Å²) >= 11 is 23.8. The molecule has 17 heterocycles. The summed E-state index contributed by atoms with van der Waals surface area (Å²) in [5, 5.41) is 24.8. The van der Waals surface area contributed by atoms with Crippen molar-refractivity contribution in [2.24, 2.45) is 23.7 Å². The van der Waals surface area contributed by atoms with Crippen LogP contribution in [0.1, 0.15) is 135 Å². The smallest absolute Gasteiger partial charge is 0.258 e. The molecule has 4 amide bonds. The highest BCUT2D eigenvalue weighted by Crippen LogP contribution is 2.44. The highest BCUT2D eigenvalue weighted by molar-refractivity contribution is 6.31. The Bertz CT molecular complexity index is 5690. The molecule has 8 aliphatic heterocycles. The first-order valence-corrected chi connectivity index (χ1v) is 43.3. The molecular formula is C92H91Cl4FN22O4. The number of halogens is 5. The molecule has 26 nitrogen and oxygen atoms in total. The van der Waals surface area contributed by atoms with E-state index in [9.17, 15) is 23.6 Å². The van der Waals surface area contributed by atoms with Gasteiger partial charge < -0.3 is 40.9 Å². The van der Waals surface area contributed by atoms with Crippen LogP contribution in [0.25, 0.3) is 40.0 Å². The van der Waals surface area contributed by atoms with Gasteiger partial charge in [-0.05, 0) is 224 Å². The van der Waals surface area contributed by atoms with Crippen molar-refractivity contribution < 1.29 is 23.6 Å². The predicted molar refractivity (Wildman–Crippen MR) is 471 cm³/mol. The van der Waals surface area contributed by atoms with Gasteiger partial charge in [0.1, 0.15) is 29.1 Å². The number of piperidine rings is 8. The Balaban J connectivity index is 0.000000116. The van der Waals surface area contributed by atoms with Gasteiger partial charge in [-0.25, -0.2) is 59.2 Å². The van der Waals surface area contributed by atoms with Gasteiger partial charge in [0.2, 0.25) is 0 Å². The largest absolute Gasteiger partial charge is 0.365 e. The van der Waals surface area contributed by atoms with Crippen LogP contribution in [0.5, 0.6) is 0 Å². The zero-order valence-electron chi connectivity index (χ0n) is 67.9. The highest BCUT2D eigenvalue weighted by atomic mass is 35.5. The normalized spacial score (nSPS) is 22.5. The maximum Gasteiger partial charge on any atom is 0.258 e. The third-order valence-electron chi connectivity index (χ3n) is 24.7. The van der Waals surface area contributed by atoms with Gasteiger partial charge in [0.25, 0.3) is 23.6 Å². The van der Waals surface area contributed by atoms with Crippen molar-refractivity contribution in [1.29, 1.82) is 0 Å². The molecule has 12 atom stereocenters. The van der Waals surface area contributed by atoms with E-state index in [0.29, 0.717) is 95.9 Å². The minimum atomic E-state index is -0.555. The fraction of sp³-hybridized carbons (Fsp3) is 0.337. The van der Waals surface area contributed by atoms with Gasteiger partial charge in [0.05, 0.1) is 78.9 Å². The van der Waals surface area contributed by atoms with E-state index in [2.05, 4.69) is 86.3 Å². The van der Waals surface area contributed by atoms with E-state index in [4.69, 9.17) is 46.4 Å². The molecule has 8 saturated heterocycles. The molecule has 4 saturated carbocycles. The zero-order valence-corrected chi connectivity index (χ0v) is 71.0. The van der Waals surface area contributed by atoms with Crippen LogP contribution in [0, 0.1) is 50.3 Å². The maximum absolute atomic E-state index is 14.9. The topological polar surface area (TPSA) is 302 Å². The highest BCUT2D eigenvalue weighted by Gasteiger charge is 2.48. The summed E-state index contributed by atoms with van der Waals surface area (Å²) < 4.78 is 14.9. The zero-order chi connectivity index (χ0) is 84.8. The Labute approximate surface area is 731 Å². The lowest BCUT2D eigenvalue weighted by Gasteiger charge is -2.50. The lowest BCUT2D eigenvalue weighted by Crippen LogP contribution is -2.60. The molecule has 24 rings (SSSR count). The monoisotopic (exact) mass is 1730 g/mol. The molecule has 12 fully saturated rings. The van der Waals surface area contributed by atoms with Crippen molar-refractivity contribution in [3.05, 3.63) is 273 Å². The number of nitrogens with one attached hydrogen (secondary N) is 4. The predicted octanol–water partition coefficient (Wildman–Crippen LogP) is 16.8. The molecule has 4 N–H and O–H groups in total. The van der Waals surface area contributed by atoms with E-state index in [1.54, 1.807) is 117 Å². The lowest BCUT2D eigenvalue weighted by atomic mass is 9.76. The van der Waals surface area contributed by atoms with Gasteiger partial charge in [-0.1, -0.05) is 87.9 Å². The number of carbonyl (C=O) groups excluding carboxylic acids is 4. The molecule has 8 bridgehead atoms. The Hall–Kier alpha value is -12.0. The summed E-state index contributed by atoms with van der Waals surface area (Å²) in [7, 11) is 0. The van der Waals surface area contributed by atoms with Gasteiger partial charge >= 0.3 is 0 Å². The first-order chi connectivity index (χ1) is 59.8. The molecule has 628 valence electrons. The van der Waals surface area contributed by atoms with Gasteiger partial charge in [0.15, 0.2) is 23.3 Å².